The molecule has 1 aromatic rings. The molecule has 0 bridgehead atoms. The minimum Gasteiger partial charge on any atom is -0.378 e. The van der Waals surface area contributed by atoms with Crippen molar-refractivity contribution in [3.8, 4) is 0 Å². The topological polar surface area (TPSA) is 67.4 Å². The van der Waals surface area contributed by atoms with Gasteiger partial charge in [-0.25, -0.2) is 9.97 Å². The van der Waals surface area contributed by atoms with Crippen molar-refractivity contribution in [2.75, 3.05) is 31.6 Å². The molecule has 0 aromatic carbocycles. The second-order valence-electron chi connectivity index (χ2n) is 5.72. The number of morpholine rings is 1. The van der Waals surface area contributed by atoms with Crippen molar-refractivity contribution < 1.29 is 9.53 Å². The standard InChI is InChI=1S/C15H22N4O2/c1-11-16-13(15(20)19-6-8-21-9-7-19)10-14(17-11)18-12-4-2-3-5-12/h10,12H,2-9H2,1H3,(H,16,17,18). The quantitative estimate of drug-likeness (QED) is 0.916. The number of hydrogen-bond acceptors (Lipinski definition) is 5. The second-order valence-corrected chi connectivity index (χ2v) is 5.72. The van der Waals surface area contributed by atoms with E-state index in [-0.39, 0.29) is 5.91 Å². The number of carbonyl (C=O) groups excluding carboxylic acids is 1. The van der Waals surface area contributed by atoms with Gasteiger partial charge in [0.2, 0.25) is 0 Å². The van der Waals surface area contributed by atoms with Crippen molar-refractivity contribution in [3.05, 3.63) is 17.6 Å². The lowest BCUT2D eigenvalue weighted by atomic mass is 10.2. The third-order valence-electron chi connectivity index (χ3n) is 4.06. The molecule has 1 aromatic heterocycles. The zero-order valence-corrected chi connectivity index (χ0v) is 12.5. The van der Waals surface area contributed by atoms with E-state index in [2.05, 4.69) is 15.3 Å². The van der Waals surface area contributed by atoms with Gasteiger partial charge < -0.3 is 15.0 Å². The van der Waals surface area contributed by atoms with Gasteiger partial charge in [0, 0.05) is 25.2 Å². The first kappa shape index (κ1) is 14.3. The Bertz CT molecular complexity index is 508. The van der Waals surface area contributed by atoms with Crippen LogP contribution >= 0.6 is 0 Å². The SMILES string of the molecule is Cc1nc(NC2CCCC2)cc(C(=O)N2CCOCC2)n1. The van der Waals surface area contributed by atoms with E-state index in [1.165, 1.54) is 25.7 Å². The lowest BCUT2D eigenvalue weighted by Gasteiger charge is -2.26. The number of hydrogen-bond donors (Lipinski definition) is 1. The van der Waals surface area contributed by atoms with Crippen molar-refractivity contribution in [2.24, 2.45) is 0 Å². The van der Waals surface area contributed by atoms with E-state index in [9.17, 15) is 4.79 Å². The smallest absolute Gasteiger partial charge is 0.272 e. The number of carbonyl (C=O) groups is 1. The summed E-state index contributed by atoms with van der Waals surface area (Å²) >= 11 is 0. The summed E-state index contributed by atoms with van der Waals surface area (Å²) in [6, 6.07) is 2.26. The molecule has 1 amide bonds. The van der Waals surface area contributed by atoms with Gasteiger partial charge in [-0.05, 0) is 19.8 Å². The van der Waals surface area contributed by atoms with Crippen LogP contribution < -0.4 is 5.32 Å². The van der Waals surface area contributed by atoms with E-state index in [0.717, 1.165) is 5.82 Å². The van der Waals surface area contributed by atoms with E-state index in [1.807, 2.05) is 6.92 Å². The normalized spacial score (nSPS) is 19.8. The molecular weight excluding hydrogens is 268 g/mol. The van der Waals surface area contributed by atoms with Crippen molar-refractivity contribution in [3.63, 3.8) is 0 Å². The van der Waals surface area contributed by atoms with Crippen LogP contribution in [-0.4, -0.2) is 53.1 Å². The van der Waals surface area contributed by atoms with Gasteiger partial charge in [0.1, 0.15) is 17.3 Å². The molecule has 1 N–H and O–H groups in total. The van der Waals surface area contributed by atoms with Gasteiger partial charge in [-0.2, -0.15) is 0 Å². The zero-order valence-electron chi connectivity index (χ0n) is 12.5. The van der Waals surface area contributed by atoms with Crippen LogP contribution in [0.2, 0.25) is 0 Å². The zero-order chi connectivity index (χ0) is 14.7. The highest BCUT2D eigenvalue weighted by Crippen LogP contribution is 2.22. The van der Waals surface area contributed by atoms with Crippen LogP contribution in [0, 0.1) is 6.92 Å². The Hall–Kier alpha value is -1.69. The van der Waals surface area contributed by atoms with E-state index >= 15 is 0 Å². The van der Waals surface area contributed by atoms with E-state index < -0.39 is 0 Å². The number of aromatic nitrogens is 2. The van der Waals surface area contributed by atoms with E-state index in [4.69, 9.17) is 4.74 Å². The second kappa shape index (κ2) is 6.39. The molecular formula is C15H22N4O2. The number of nitrogens with zero attached hydrogens (tertiary/aromatic N) is 3. The average molecular weight is 290 g/mol. The maximum atomic E-state index is 12.5. The molecule has 21 heavy (non-hydrogen) atoms. The Labute approximate surface area is 124 Å². The maximum absolute atomic E-state index is 12.5. The van der Waals surface area contributed by atoms with Crippen molar-refractivity contribution >= 4 is 11.7 Å². The molecule has 2 aliphatic rings. The van der Waals surface area contributed by atoms with Gasteiger partial charge in [-0.1, -0.05) is 12.8 Å². The number of anilines is 1. The van der Waals surface area contributed by atoms with Crippen LogP contribution in [0.3, 0.4) is 0 Å². The van der Waals surface area contributed by atoms with Crippen LogP contribution in [0.4, 0.5) is 5.82 Å². The largest absolute Gasteiger partial charge is 0.378 e. The van der Waals surface area contributed by atoms with E-state index in [1.54, 1.807) is 11.0 Å². The van der Waals surface area contributed by atoms with E-state index in [0.29, 0.717) is 43.9 Å². The Morgan fingerprint density at radius 2 is 2.00 bits per heavy atom. The van der Waals surface area contributed by atoms with Gasteiger partial charge in [0.25, 0.3) is 5.91 Å². The van der Waals surface area contributed by atoms with Gasteiger partial charge in [0.05, 0.1) is 13.2 Å². The van der Waals surface area contributed by atoms with Crippen LogP contribution in [-0.2, 0) is 4.74 Å². The average Bonchev–Trinajstić information content (AvgIpc) is 2.99. The Morgan fingerprint density at radius 1 is 1.29 bits per heavy atom. The Balaban J connectivity index is 1.74. The minimum absolute atomic E-state index is 0.0294. The first-order valence-corrected chi connectivity index (χ1v) is 7.71. The summed E-state index contributed by atoms with van der Waals surface area (Å²) in [5, 5.41) is 3.43. The molecule has 1 saturated carbocycles. The van der Waals surface area contributed by atoms with Gasteiger partial charge >= 0.3 is 0 Å². The van der Waals surface area contributed by atoms with Crippen LogP contribution in [0.15, 0.2) is 6.07 Å². The fraction of sp³-hybridized carbons (Fsp3) is 0.667. The fourth-order valence-electron chi connectivity index (χ4n) is 2.96. The highest BCUT2D eigenvalue weighted by molar-refractivity contribution is 5.93. The number of rotatable bonds is 3. The molecule has 6 nitrogen and oxygen atoms in total. The molecule has 0 radical (unpaired) electrons. The van der Waals surface area contributed by atoms with Crippen molar-refractivity contribution in [1.82, 2.24) is 14.9 Å². The molecule has 0 spiro atoms. The summed E-state index contributed by atoms with van der Waals surface area (Å²) in [5.74, 6) is 1.37. The maximum Gasteiger partial charge on any atom is 0.272 e. The predicted octanol–water partition coefficient (Wildman–Crippen LogP) is 1.61. The van der Waals surface area contributed by atoms with Crippen LogP contribution in [0.1, 0.15) is 42.0 Å². The van der Waals surface area contributed by atoms with Crippen LogP contribution in [0.5, 0.6) is 0 Å². The summed E-state index contributed by atoms with van der Waals surface area (Å²) in [5.41, 5.74) is 0.477. The number of nitrogens with one attached hydrogen (secondary N) is 1. The molecule has 1 aliphatic carbocycles. The molecule has 0 atom stereocenters. The van der Waals surface area contributed by atoms with Gasteiger partial charge in [-0.3, -0.25) is 4.79 Å². The molecule has 3 rings (SSSR count). The summed E-state index contributed by atoms with van der Waals surface area (Å²) < 4.78 is 5.28. The minimum atomic E-state index is -0.0294. The van der Waals surface area contributed by atoms with Gasteiger partial charge in [-0.15, -0.1) is 0 Å². The number of aryl methyl sites for hydroxylation is 1. The lowest BCUT2D eigenvalue weighted by Crippen LogP contribution is -2.41. The summed E-state index contributed by atoms with van der Waals surface area (Å²) in [6.45, 7) is 4.29. The third kappa shape index (κ3) is 3.50. The Morgan fingerprint density at radius 3 is 2.71 bits per heavy atom. The highest BCUT2D eigenvalue weighted by atomic mass is 16.5. The van der Waals surface area contributed by atoms with Gasteiger partial charge in [0.15, 0.2) is 0 Å². The third-order valence-corrected chi connectivity index (χ3v) is 4.06. The molecule has 2 heterocycles. The Kier molecular flexibility index (Phi) is 4.34. The molecule has 6 heteroatoms. The first-order valence-electron chi connectivity index (χ1n) is 7.71. The van der Waals surface area contributed by atoms with Crippen LogP contribution in [0.25, 0.3) is 0 Å². The molecule has 2 fully saturated rings. The predicted molar refractivity (Wildman–Crippen MR) is 79.4 cm³/mol. The molecule has 0 unspecified atom stereocenters. The summed E-state index contributed by atoms with van der Waals surface area (Å²) in [4.78, 5) is 23.0. The van der Waals surface area contributed by atoms with Crippen molar-refractivity contribution in [1.29, 1.82) is 0 Å². The highest BCUT2D eigenvalue weighted by Gasteiger charge is 2.21. The number of amides is 1. The fourth-order valence-corrected chi connectivity index (χ4v) is 2.96. The summed E-state index contributed by atoms with van der Waals surface area (Å²) in [6.07, 6.45) is 4.88. The monoisotopic (exact) mass is 290 g/mol. The lowest BCUT2D eigenvalue weighted by molar-refractivity contribution is 0.0299. The molecule has 1 saturated heterocycles. The summed E-state index contributed by atoms with van der Waals surface area (Å²) in [7, 11) is 0. The van der Waals surface area contributed by atoms with Crippen molar-refractivity contribution in [2.45, 2.75) is 38.6 Å². The molecule has 1 aliphatic heterocycles. The number of ether oxygens (including phenoxy) is 1. The molecule has 114 valence electrons. The first-order chi connectivity index (χ1) is 10.2.